The van der Waals surface area contributed by atoms with Crippen molar-refractivity contribution in [2.75, 3.05) is 31.2 Å². The minimum atomic E-state index is 0.442. The Hall–Kier alpha value is -2.23. The Labute approximate surface area is 147 Å². The summed E-state index contributed by atoms with van der Waals surface area (Å²) in [6.45, 7) is 5.91. The maximum atomic E-state index is 9.33. The molecule has 0 saturated carbocycles. The zero-order chi connectivity index (χ0) is 17.2. The molecule has 0 bridgehead atoms. The van der Waals surface area contributed by atoms with Gasteiger partial charge < -0.3 is 15.0 Å². The van der Waals surface area contributed by atoms with Gasteiger partial charge in [-0.1, -0.05) is 6.92 Å². The SMILES string of the molecule is C[C@H]1C[C@@H](NC2CCOC2)CN(c2ccc(C#N)c3nccnc23)C1. The Balaban J connectivity index is 1.62. The van der Waals surface area contributed by atoms with Crippen LogP contribution in [-0.4, -0.2) is 48.4 Å². The van der Waals surface area contributed by atoms with Crippen LogP contribution in [-0.2, 0) is 4.74 Å². The van der Waals surface area contributed by atoms with Gasteiger partial charge in [0, 0.05) is 44.2 Å². The lowest BCUT2D eigenvalue weighted by atomic mass is 9.94. The number of benzene rings is 1. The van der Waals surface area contributed by atoms with E-state index >= 15 is 0 Å². The van der Waals surface area contributed by atoms with Gasteiger partial charge in [0.15, 0.2) is 0 Å². The van der Waals surface area contributed by atoms with Gasteiger partial charge in [-0.25, -0.2) is 0 Å². The number of nitrogens with one attached hydrogen (secondary N) is 1. The Bertz CT molecular complexity index is 796. The third-order valence-corrected chi connectivity index (χ3v) is 5.13. The molecule has 25 heavy (non-hydrogen) atoms. The van der Waals surface area contributed by atoms with Crippen LogP contribution in [0.3, 0.4) is 0 Å². The van der Waals surface area contributed by atoms with Crippen LogP contribution in [0.2, 0.25) is 0 Å². The topological polar surface area (TPSA) is 74.1 Å². The zero-order valence-electron chi connectivity index (χ0n) is 14.5. The molecule has 130 valence electrons. The lowest BCUT2D eigenvalue weighted by Crippen LogP contribution is -2.51. The predicted octanol–water partition coefficient (Wildman–Crippen LogP) is 2.09. The lowest BCUT2D eigenvalue weighted by Gasteiger charge is -2.39. The number of hydrogen-bond donors (Lipinski definition) is 1. The second kappa shape index (κ2) is 6.95. The van der Waals surface area contributed by atoms with Crippen molar-refractivity contribution >= 4 is 16.7 Å². The van der Waals surface area contributed by atoms with Crippen LogP contribution >= 0.6 is 0 Å². The quantitative estimate of drug-likeness (QED) is 0.924. The van der Waals surface area contributed by atoms with Crippen LogP contribution in [0.1, 0.15) is 25.3 Å². The number of piperidine rings is 1. The number of hydrogen-bond acceptors (Lipinski definition) is 6. The Morgan fingerprint density at radius 2 is 2.04 bits per heavy atom. The molecule has 1 aromatic heterocycles. The van der Waals surface area contributed by atoms with E-state index < -0.39 is 0 Å². The Kier molecular flexibility index (Phi) is 4.51. The molecule has 6 nitrogen and oxygen atoms in total. The molecule has 2 fully saturated rings. The van der Waals surface area contributed by atoms with Crippen molar-refractivity contribution < 1.29 is 4.74 Å². The van der Waals surface area contributed by atoms with E-state index in [0.717, 1.165) is 43.9 Å². The van der Waals surface area contributed by atoms with Gasteiger partial charge in [0.25, 0.3) is 0 Å². The maximum Gasteiger partial charge on any atom is 0.113 e. The largest absolute Gasteiger partial charge is 0.380 e. The van der Waals surface area contributed by atoms with Gasteiger partial charge in [0.05, 0.1) is 17.9 Å². The van der Waals surface area contributed by atoms with Gasteiger partial charge >= 0.3 is 0 Å². The van der Waals surface area contributed by atoms with Crippen LogP contribution in [0.5, 0.6) is 0 Å². The first-order valence-electron chi connectivity index (χ1n) is 8.97. The summed E-state index contributed by atoms with van der Waals surface area (Å²) in [6, 6.07) is 7.01. The van der Waals surface area contributed by atoms with E-state index in [4.69, 9.17) is 4.74 Å². The molecule has 3 atom stereocenters. The highest BCUT2D eigenvalue weighted by molar-refractivity contribution is 5.92. The van der Waals surface area contributed by atoms with Gasteiger partial charge in [0.2, 0.25) is 0 Å². The number of ether oxygens (including phenoxy) is 1. The lowest BCUT2D eigenvalue weighted by molar-refractivity contribution is 0.185. The molecule has 2 aliphatic rings. The molecule has 0 amide bonds. The second-order valence-corrected chi connectivity index (χ2v) is 7.17. The molecule has 0 spiro atoms. The van der Waals surface area contributed by atoms with Crippen molar-refractivity contribution in [3.63, 3.8) is 0 Å². The van der Waals surface area contributed by atoms with Gasteiger partial charge in [-0.3, -0.25) is 9.97 Å². The summed E-state index contributed by atoms with van der Waals surface area (Å²) in [5.41, 5.74) is 3.16. The first-order valence-corrected chi connectivity index (χ1v) is 8.97. The highest BCUT2D eigenvalue weighted by atomic mass is 16.5. The summed E-state index contributed by atoms with van der Waals surface area (Å²) < 4.78 is 5.50. The van der Waals surface area contributed by atoms with Crippen molar-refractivity contribution in [2.45, 2.75) is 31.8 Å². The molecule has 0 aliphatic carbocycles. The molecule has 1 unspecified atom stereocenters. The first kappa shape index (κ1) is 16.2. The van der Waals surface area contributed by atoms with Crippen LogP contribution in [0.15, 0.2) is 24.5 Å². The zero-order valence-corrected chi connectivity index (χ0v) is 14.5. The molecule has 3 heterocycles. The van der Waals surface area contributed by atoms with Gasteiger partial charge in [-0.2, -0.15) is 5.26 Å². The third kappa shape index (κ3) is 3.30. The van der Waals surface area contributed by atoms with E-state index in [-0.39, 0.29) is 0 Å². The average Bonchev–Trinajstić information content (AvgIpc) is 3.13. The van der Waals surface area contributed by atoms with Crippen molar-refractivity contribution in [1.82, 2.24) is 15.3 Å². The van der Waals surface area contributed by atoms with Crippen molar-refractivity contribution in [1.29, 1.82) is 5.26 Å². The molecule has 0 radical (unpaired) electrons. The molecule has 1 N–H and O–H groups in total. The van der Waals surface area contributed by atoms with Crippen LogP contribution in [0.25, 0.3) is 11.0 Å². The Morgan fingerprint density at radius 3 is 2.80 bits per heavy atom. The summed E-state index contributed by atoms with van der Waals surface area (Å²) in [4.78, 5) is 11.3. The molecule has 6 heteroatoms. The molecule has 2 aromatic rings. The smallest absolute Gasteiger partial charge is 0.113 e. The fourth-order valence-electron chi connectivity index (χ4n) is 4.06. The fraction of sp³-hybridized carbons (Fsp3) is 0.526. The molecular formula is C19H23N5O. The van der Waals surface area contributed by atoms with E-state index in [1.807, 2.05) is 12.1 Å². The van der Waals surface area contributed by atoms with E-state index in [9.17, 15) is 5.26 Å². The molecular weight excluding hydrogens is 314 g/mol. The number of nitriles is 1. The molecule has 2 aliphatic heterocycles. The minimum Gasteiger partial charge on any atom is -0.380 e. The fourth-order valence-corrected chi connectivity index (χ4v) is 4.06. The summed E-state index contributed by atoms with van der Waals surface area (Å²) in [5.74, 6) is 0.593. The highest BCUT2D eigenvalue weighted by Crippen LogP contribution is 2.30. The van der Waals surface area contributed by atoms with E-state index in [1.54, 1.807) is 12.4 Å². The third-order valence-electron chi connectivity index (χ3n) is 5.13. The number of anilines is 1. The molecule has 1 aromatic carbocycles. The second-order valence-electron chi connectivity index (χ2n) is 7.17. The van der Waals surface area contributed by atoms with Crippen molar-refractivity contribution in [3.8, 4) is 6.07 Å². The molecule has 4 rings (SSSR count). The first-order chi connectivity index (χ1) is 12.2. The number of rotatable bonds is 3. The van der Waals surface area contributed by atoms with Crippen molar-refractivity contribution in [3.05, 3.63) is 30.1 Å². The molecule has 2 saturated heterocycles. The average molecular weight is 337 g/mol. The number of nitrogens with zero attached hydrogens (tertiary/aromatic N) is 4. The highest BCUT2D eigenvalue weighted by Gasteiger charge is 2.29. The number of fused-ring (bicyclic) bond motifs is 1. The van der Waals surface area contributed by atoms with Crippen LogP contribution in [0.4, 0.5) is 5.69 Å². The standard InChI is InChI=1S/C19H23N5O/c1-13-8-16(23-15-4-7-25-12-15)11-24(10-13)17-3-2-14(9-20)18-19(17)22-6-5-21-18/h2-3,5-6,13,15-16,23H,4,7-8,10-12H2,1H3/t13-,15?,16+/m0/s1. The summed E-state index contributed by atoms with van der Waals surface area (Å²) in [6.07, 6.45) is 5.62. The van der Waals surface area contributed by atoms with Gasteiger partial charge in [-0.05, 0) is 30.9 Å². The van der Waals surface area contributed by atoms with E-state index in [0.29, 0.717) is 29.1 Å². The maximum absolute atomic E-state index is 9.33. The van der Waals surface area contributed by atoms with E-state index in [2.05, 4.69) is 33.2 Å². The Morgan fingerprint density at radius 1 is 1.20 bits per heavy atom. The predicted molar refractivity (Wildman–Crippen MR) is 96.4 cm³/mol. The van der Waals surface area contributed by atoms with Crippen LogP contribution < -0.4 is 10.2 Å². The van der Waals surface area contributed by atoms with E-state index in [1.165, 1.54) is 6.42 Å². The van der Waals surface area contributed by atoms with Crippen LogP contribution in [0, 0.1) is 17.2 Å². The normalized spacial score (nSPS) is 26.7. The monoisotopic (exact) mass is 337 g/mol. The summed E-state index contributed by atoms with van der Waals surface area (Å²) >= 11 is 0. The number of aromatic nitrogens is 2. The summed E-state index contributed by atoms with van der Waals surface area (Å²) in [7, 11) is 0. The minimum absolute atomic E-state index is 0.442. The summed E-state index contributed by atoms with van der Waals surface area (Å²) in [5, 5.41) is 13.1. The van der Waals surface area contributed by atoms with Gasteiger partial charge in [0.1, 0.15) is 17.1 Å². The van der Waals surface area contributed by atoms with Crippen molar-refractivity contribution in [2.24, 2.45) is 5.92 Å². The van der Waals surface area contributed by atoms with Gasteiger partial charge in [-0.15, -0.1) is 0 Å².